The molecule has 1 aliphatic carbocycles. The molecule has 1 aromatic rings. The Bertz CT molecular complexity index is 557. The summed E-state index contributed by atoms with van der Waals surface area (Å²) < 4.78 is 5.21. The van der Waals surface area contributed by atoms with Crippen LogP contribution in [0.25, 0.3) is 0 Å². The summed E-state index contributed by atoms with van der Waals surface area (Å²) in [5.74, 6) is -1.57. The highest BCUT2D eigenvalue weighted by Crippen LogP contribution is 2.34. The molecule has 7 nitrogen and oxygen atoms in total. The van der Waals surface area contributed by atoms with Crippen LogP contribution >= 0.6 is 0 Å². The molecule has 0 amide bonds. The lowest BCUT2D eigenvalue weighted by Crippen LogP contribution is -2.52. The van der Waals surface area contributed by atoms with Crippen molar-refractivity contribution in [2.24, 2.45) is 11.8 Å². The molecule has 5 N–H and O–H groups in total. The predicted molar refractivity (Wildman–Crippen MR) is 80.4 cm³/mol. The fourth-order valence-corrected chi connectivity index (χ4v) is 3.14. The number of carboxylic acid groups (broad SMARTS) is 1. The summed E-state index contributed by atoms with van der Waals surface area (Å²) in [5.41, 5.74) is 0.792. The number of aliphatic hydroxyl groups is 4. The highest BCUT2D eigenvalue weighted by atomic mass is 16.5. The summed E-state index contributed by atoms with van der Waals surface area (Å²) >= 11 is 0. The lowest BCUT2D eigenvalue weighted by molar-refractivity contribution is -0.141. The summed E-state index contributed by atoms with van der Waals surface area (Å²) in [6.45, 7) is -0.281. The van der Waals surface area contributed by atoms with E-state index < -0.39 is 30.2 Å². The van der Waals surface area contributed by atoms with Crippen molar-refractivity contribution >= 4 is 5.97 Å². The van der Waals surface area contributed by atoms with E-state index in [0.717, 1.165) is 0 Å². The number of aromatic carboxylic acids is 1. The Hall–Kier alpha value is -1.67. The van der Waals surface area contributed by atoms with Crippen molar-refractivity contribution in [3.05, 3.63) is 29.3 Å². The Labute approximate surface area is 133 Å². The third-order valence-corrected chi connectivity index (χ3v) is 4.52. The third kappa shape index (κ3) is 3.64. The molecule has 0 bridgehead atoms. The first-order valence-electron chi connectivity index (χ1n) is 7.44. The van der Waals surface area contributed by atoms with Gasteiger partial charge in [-0.2, -0.15) is 0 Å². The predicted octanol–water partition coefficient (Wildman–Crippen LogP) is -0.353. The molecule has 7 heteroatoms. The van der Waals surface area contributed by atoms with Crippen LogP contribution < -0.4 is 4.74 Å². The van der Waals surface area contributed by atoms with Crippen LogP contribution in [0.4, 0.5) is 0 Å². The molecular formula is C16H22O7. The summed E-state index contributed by atoms with van der Waals surface area (Å²) in [6.07, 6.45) is -2.93. The molecule has 0 heterocycles. The van der Waals surface area contributed by atoms with Crippen LogP contribution in [0.15, 0.2) is 18.2 Å². The molecule has 128 valence electrons. The Balaban J connectivity index is 2.22. The number of methoxy groups -OCH3 is 1. The first kappa shape index (κ1) is 17.7. The standard InChI is InChI=1S/C16H22O7/c1-23-12-6-9(16(21)22)3-2-8(12)4-10-5-11(7-17)14(19)15(20)13(10)18/h2-3,6,10-11,13-15,17-20H,4-5,7H2,1H3,(H,21,22)/t10-,11?,13?,14-,15?/m1/s1. The Kier molecular flexibility index (Phi) is 5.59. The van der Waals surface area contributed by atoms with Gasteiger partial charge in [0.15, 0.2) is 0 Å². The van der Waals surface area contributed by atoms with Crippen molar-refractivity contribution < 1.29 is 35.1 Å². The second-order valence-corrected chi connectivity index (χ2v) is 5.95. The molecule has 0 radical (unpaired) electrons. The third-order valence-electron chi connectivity index (χ3n) is 4.52. The van der Waals surface area contributed by atoms with Gasteiger partial charge in [0.05, 0.1) is 24.9 Å². The second-order valence-electron chi connectivity index (χ2n) is 5.95. The van der Waals surface area contributed by atoms with Crippen molar-refractivity contribution in [1.29, 1.82) is 0 Å². The van der Waals surface area contributed by atoms with E-state index in [9.17, 15) is 25.2 Å². The monoisotopic (exact) mass is 326 g/mol. The second kappa shape index (κ2) is 7.27. The maximum Gasteiger partial charge on any atom is 0.335 e. The van der Waals surface area contributed by atoms with Gasteiger partial charge in [0.25, 0.3) is 0 Å². The fourth-order valence-electron chi connectivity index (χ4n) is 3.14. The zero-order chi connectivity index (χ0) is 17.1. The van der Waals surface area contributed by atoms with Gasteiger partial charge in [0, 0.05) is 12.5 Å². The molecule has 1 saturated carbocycles. The largest absolute Gasteiger partial charge is 0.496 e. The Morgan fingerprint density at radius 2 is 1.83 bits per heavy atom. The van der Waals surface area contributed by atoms with E-state index in [4.69, 9.17) is 9.84 Å². The first-order chi connectivity index (χ1) is 10.9. The van der Waals surface area contributed by atoms with Gasteiger partial charge in [-0.05, 0) is 36.5 Å². The molecule has 1 aliphatic rings. The Morgan fingerprint density at radius 3 is 2.39 bits per heavy atom. The molecule has 0 aromatic heterocycles. The summed E-state index contributed by atoms with van der Waals surface area (Å²) in [7, 11) is 1.43. The molecule has 23 heavy (non-hydrogen) atoms. The van der Waals surface area contributed by atoms with Gasteiger partial charge < -0.3 is 30.3 Å². The van der Waals surface area contributed by atoms with Gasteiger partial charge >= 0.3 is 5.97 Å². The van der Waals surface area contributed by atoms with E-state index in [2.05, 4.69) is 0 Å². The quantitative estimate of drug-likeness (QED) is 0.500. The minimum absolute atomic E-state index is 0.0958. The van der Waals surface area contributed by atoms with Crippen LogP contribution in [-0.4, -0.2) is 63.5 Å². The first-order valence-corrected chi connectivity index (χ1v) is 7.44. The molecule has 0 spiro atoms. The number of hydrogen-bond donors (Lipinski definition) is 5. The number of benzene rings is 1. The van der Waals surface area contributed by atoms with Gasteiger partial charge in [-0.15, -0.1) is 0 Å². The SMILES string of the molecule is COc1cc(C(=O)O)ccc1C[C@@H]1CC(CO)[C@@H](O)C(O)C1O. The zero-order valence-corrected chi connectivity index (χ0v) is 12.8. The molecule has 1 aromatic carbocycles. The summed E-state index contributed by atoms with van der Waals surface area (Å²) in [6, 6.07) is 4.46. The minimum Gasteiger partial charge on any atom is -0.496 e. The lowest BCUT2D eigenvalue weighted by atomic mass is 9.73. The van der Waals surface area contributed by atoms with Crippen LogP contribution in [0.1, 0.15) is 22.3 Å². The number of hydrogen-bond acceptors (Lipinski definition) is 6. The van der Waals surface area contributed by atoms with E-state index in [-0.39, 0.29) is 18.1 Å². The van der Waals surface area contributed by atoms with Crippen LogP contribution in [-0.2, 0) is 6.42 Å². The molecular weight excluding hydrogens is 304 g/mol. The average Bonchev–Trinajstić information content (AvgIpc) is 2.55. The Morgan fingerprint density at radius 1 is 1.17 bits per heavy atom. The zero-order valence-electron chi connectivity index (χ0n) is 12.8. The van der Waals surface area contributed by atoms with Gasteiger partial charge in [0.2, 0.25) is 0 Å². The lowest BCUT2D eigenvalue weighted by Gasteiger charge is -2.40. The maximum absolute atomic E-state index is 11.0. The van der Waals surface area contributed by atoms with Crippen molar-refractivity contribution in [2.45, 2.75) is 31.2 Å². The van der Waals surface area contributed by atoms with Gasteiger partial charge in [-0.3, -0.25) is 0 Å². The molecule has 0 aliphatic heterocycles. The molecule has 2 rings (SSSR count). The summed E-state index contributed by atoms with van der Waals surface area (Å²) in [4.78, 5) is 11.0. The van der Waals surface area contributed by atoms with Crippen molar-refractivity contribution in [1.82, 2.24) is 0 Å². The number of aliphatic hydroxyl groups excluding tert-OH is 4. The van der Waals surface area contributed by atoms with Crippen molar-refractivity contribution in [2.75, 3.05) is 13.7 Å². The average molecular weight is 326 g/mol. The molecule has 5 atom stereocenters. The van der Waals surface area contributed by atoms with E-state index in [0.29, 0.717) is 24.2 Å². The molecule has 3 unspecified atom stereocenters. The highest BCUT2D eigenvalue weighted by Gasteiger charge is 2.42. The smallest absolute Gasteiger partial charge is 0.335 e. The van der Waals surface area contributed by atoms with Gasteiger partial charge in [-0.25, -0.2) is 4.79 Å². The van der Waals surface area contributed by atoms with E-state index in [1.807, 2.05) is 0 Å². The fraction of sp³-hybridized carbons (Fsp3) is 0.562. The van der Waals surface area contributed by atoms with E-state index >= 15 is 0 Å². The van der Waals surface area contributed by atoms with Crippen LogP contribution in [0, 0.1) is 11.8 Å². The normalized spacial score (nSPS) is 30.9. The highest BCUT2D eigenvalue weighted by molar-refractivity contribution is 5.88. The van der Waals surface area contributed by atoms with E-state index in [1.165, 1.54) is 19.2 Å². The summed E-state index contributed by atoms with van der Waals surface area (Å²) in [5, 5.41) is 48.2. The topological polar surface area (TPSA) is 127 Å². The van der Waals surface area contributed by atoms with Crippen LogP contribution in [0.2, 0.25) is 0 Å². The molecule has 0 saturated heterocycles. The van der Waals surface area contributed by atoms with Gasteiger partial charge in [-0.1, -0.05) is 6.07 Å². The van der Waals surface area contributed by atoms with E-state index in [1.54, 1.807) is 6.07 Å². The van der Waals surface area contributed by atoms with Crippen molar-refractivity contribution in [3.63, 3.8) is 0 Å². The van der Waals surface area contributed by atoms with Gasteiger partial charge in [0.1, 0.15) is 11.9 Å². The molecule has 1 fully saturated rings. The number of carboxylic acids is 1. The number of carbonyl (C=O) groups is 1. The van der Waals surface area contributed by atoms with Crippen LogP contribution in [0.5, 0.6) is 5.75 Å². The number of ether oxygens (including phenoxy) is 1. The minimum atomic E-state index is -1.32. The maximum atomic E-state index is 11.0. The van der Waals surface area contributed by atoms with Crippen molar-refractivity contribution in [3.8, 4) is 5.75 Å². The number of rotatable bonds is 5. The van der Waals surface area contributed by atoms with Crippen LogP contribution in [0.3, 0.4) is 0 Å².